The highest BCUT2D eigenvalue weighted by atomic mass is 16.5. The molecule has 0 aliphatic rings. The van der Waals surface area contributed by atoms with Crippen molar-refractivity contribution in [1.82, 2.24) is 5.32 Å². The largest absolute Gasteiger partial charge is 0.480 e. The maximum Gasteiger partial charge on any atom is 0.326 e. The first-order valence-corrected chi connectivity index (χ1v) is 22.3. The molecule has 0 aromatic carbocycles. The molecule has 0 saturated carbocycles. The van der Waals surface area contributed by atoms with Gasteiger partial charge in [0.15, 0.2) is 0 Å². The quantitative estimate of drug-likeness (QED) is 0.0326. The van der Waals surface area contributed by atoms with E-state index >= 15 is 0 Å². The summed E-state index contributed by atoms with van der Waals surface area (Å²) in [6.07, 6.45) is 47.5. The average molecular weight is 745 g/mol. The second-order valence-corrected chi connectivity index (χ2v) is 15.1. The number of hydrogen-bond donors (Lipinski definition) is 3. The fourth-order valence-corrected chi connectivity index (χ4v) is 6.53. The van der Waals surface area contributed by atoms with Crippen molar-refractivity contribution in [3.05, 3.63) is 36.5 Å². The molecular weight excluding hydrogens is 661 g/mol. The van der Waals surface area contributed by atoms with Crippen LogP contribution in [0.4, 0.5) is 0 Å². The Labute approximate surface area is 326 Å². The number of rotatable bonds is 40. The van der Waals surface area contributed by atoms with E-state index in [-0.39, 0.29) is 18.0 Å². The van der Waals surface area contributed by atoms with E-state index in [1.54, 1.807) is 0 Å². The number of amides is 1. The lowest BCUT2D eigenvalue weighted by Crippen LogP contribution is -2.40. The fraction of sp³-hybridized carbons (Fsp3) is 0.804. The summed E-state index contributed by atoms with van der Waals surface area (Å²) in [4.78, 5) is 36.4. The van der Waals surface area contributed by atoms with Gasteiger partial charge in [0.2, 0.25) is 5.91 Å². The summed E-state index contributed by atoms with van der Waals surface area (Å²) in [6.45, 7) is 4.91. The molecule has 0 rings (SSSR count). The van der Waals surface area contributed by atoms with Crippen LogP contribution in [0.25, 0.3) is 0 Å². The number of carbonyl (C=O) groups excluding carboxylic acids is 2. The minimum atomic E-state index is -1.01. The third kappa shape index (κ3) is 37.7. The van der Waals surface area contributed by atoms with Gasteiger partial charge >= 0.3 is 11.9 Å². The third-order valence-corrected chi connectivity index (χ3v) is 9.93. The van der Waals surface area contributed by atoms with Crippen LogP contribution < -0.4 is 11.1 Å². The number of esters is 1. The van der Waals surface area contributed by atoms with Crippen molar-refractivity contribution in [3.63, 3.8) is 0 Å². The number of ether oxygens (including phenoxy) is 1. The van der Waals surface area contributed by atoms with Crippen LogP contribution in [-0.4, -0.2) is 41.6 Å². The molecule has 0 aliphatic heterocycles. The van der Waals surface area contributed by atoms with Crippen LogP contribution in [-0.2, 0) is 19.1 Å². The number of carboxylic acids is 1. The number of carboxylic acid groups (broad SMARTS) is 1. The Morgan fingerprint density at radius 2 is 0.981 bits per heavy atom. The first-order chi connectivity index (χ1) is 25.9. The molecule has 0 aliphatic carbocycles. The fourth-order valence-electron chi connectivity index (χ4n) is 6.53. The normalized spacial score (nSPS) is 13.0. The molecule has 53 heavy (non-hydrogen) atoms. The Morgan fingerprint density at radius 1 is 0.547 bits per heavy atom. The van der Waals surface area contributed by atoms with Gasteiger partial charge in [0.05, 0.1) is 0 Å². The van der Waals surface area contributed by atoms with Crippen molar-refractivity contribution in [3.8, 4) is 0 Å². The Balaban J connectivity index is 4.40. The minimum absolute atomic E-state index is 0.0125. The Hall–Kier alpha value is -2.41. The molecule has 4 N–H and O–H groups in total. The third-order valence-electron chi connectivity index (χ3n) is 9.93. The van der Waals surface area contributed by atoms with E-state index in [0.29, 0.717) is 32.2 Å². The first kappa shape index (κ1) is 50.6. The van der Waals surface area contributed by atoms with Gasteiger partial charge < -0.3 is 20.9 Å². The topological polar surface area (TPSA) is 119 Å². The summed E-state index contributed by atoms with van der Waals surface area (Å²) < 4.78 is 6.03. The van der Waals surface area contributed by atoms with Gasteiger partial charge in [0, 0.05) is 12.8 Å². The zero-order valence-electron chi connectivity index (χ0n) is 34.6. The van der Waals surface area contributed by atoms with Crippen molar-refractivity contribution >= 4 is 17.8 Å². The molecule has 0 radical (unpaired) electrons. The summed E-state index contributed by atoms with van der Waals surface area (Å²) in [5, 5.41) is 11.9. The number of aliphatic carboxylic acids is 1. The van der Waals surface area contributed by atoms with Gasteiger partial charge in [-0.1, -0.05) is 134 Å². The van der Waals surface area contributed by atoms with Gasteiger partial charge in [-0.25, -0.2) is 4.79 Å². The van der Waals surface area contributed by atoms with Crippen LogP contribution >= 0.6 is 0 Å². The maximum atomic E-state index is 12.8. The molecule has 0 bridgehead atoms. The lowest BCUT2D eigenvalue weighted by atomic mass is 10.0. The van der Waals surface area contributed by atoms with E-state index in [1.807, 2.05) is 0 Å². The monoisotopic (exact) mass is 745 g/mol. The van der Waals surface area contributed by atoms with Crippen LogP contribution in [0.1, 0.15) is 219 Å². The average Bonchev–Trinajstić information content (AvgIpc) is 3.14. The predicted molar refractivity (Wildman–Crippen MR) is 225 cm³/mol. The molecule has 0 saturated heterocycles. The summed E-state index contributed by atoms with van der Waals surface area (Å²) in [5.41, 5.74) is 5.49. The van der Waals surface area contributed by atoms with Crippen LogP contribution in [0.3, 0.4) is 0 Å². The molecule has 0 heterocycles. The summed E-state index contributed by atoms with van der Waals surface area (Å²) in [7, 11) is 0. The van der Waals surface area contributed by atoms with Gasteiger partial charge in [0.25, 0.3) is 0 Å². The number of allylic oxidation sites excluding steroid dienone is 6. The van der Waals surface area contributed by atoms with E-state index in [4.69, 9.17) is 10.5 Å². The molecular formula is C46H84N2O5. The second-order valence-electron chi connectivity index (χ2n) is 15.1. The van der Waals surface area contributed by atoms with Crippen LogP contribution in [0.15, 0.2) is 36.5 Å². The molecule has 0 aromatic rings. The summed E-state index contributed by atoms with van der Waals surface area (Å²) in [6, 6.07) is -0.860. The van der Waals surface area contributed by atoms with Gasteiger partial charge in [-0.2, -0.15) is 0 Å². The molecule has 0 fully saturated rings. The summed E-state index contributed by atoms with van der Waals surface area (Å²) in [5.74, 6) is -1.26. The van der Waals surface area contributed by atoms with Gasteiger partial charge in [-0.15, -0.1) is 0 Å². The number of hydrogen-bond acceptors (Lipinski definition) is 5. The number of nitrogens with one attached hydrogen (secondary N) is 1. The lowest BCUT2D eigenvalue weighted by Gasteiger charge is -2.18. The SMILES string of the molecule is CCCCC/C=C\CCCCCCCC(=O)OC(CCCCC/C=C\C/C=C\CCCCCCC)CCCCCCCC(=O)NC(CCCN)C(=O)O. The Kier molecular flexibility index (Phi) is 38.9. The van der Waals surface area contributed by atoms with Crippen LogP contribution in [0, 0.1) is 0 Å². The Bertz CT molecular complexity index is 931. The lowest BCUT2D eigenvalue weighted by molar-refractivity contribution is -0.150. The van der Waals surface area contributed by atoms with Crippen molar-refractivity contribution < 1.29 is 24.2 Å². The number of nitrogens with two attached hydrogens (primary N) is 1. The molecule has 7 nitrogen and oxygen atoms in total. The van der Waals surface area contributed by atoms with Gasteiger partial charge in [-0.05, 0) is 116 Å². The zero-order valence-corrected chi connectivity index (χ0v) is 34.6. The molecule has 2 unspecified atom stereocenters. The highest BCUT2D eigenvalue weighted by molar-refractivity contribution is 5.83. The van der Waals surface area contributed by atoms with Crippen molar-refractivity contribution in [2.45, 2.75) is 231 Å². The standard InChI is InChI=1S/C46H84N2O5/c1-3-5-7-9-11-13-15-17-18-19-20-22-24-27-31-36-42(53-45(50)40-34-30-25-23-21-16-14-12-10-8-6-4-2)37-32-28-26-29-33-39-44(49)48-43(46(51)52)38-35-41-47/h12,14-15,17,19-20,42-43H,3-11,13,16,18,21-41,47H2,1-2H3,(H,48,49)(H,51,52)/b14-12-,17-15-,20-19-. The maximum absolute atomic E-state index is 12.8. The van der Waals surface area contributed by atoms with Gasteiger partial charge in [0.1, 0.15) is 12.1 Å². The number of carbonyl (C=O) groups is 3. The molecule has 0 aromatic heterocycles. The predicted octanol–water partition coefficient (Wildman–Crippen LogP) is 12.6. The highest BCUT2D eigenvalue weighted by Crippen LogP contribution is 2.18. The van der Waals surface area contributed by atoms with Gasteiger partial charge in [-0.3, -0.25) is 9.59 Å². The van der Waals surface area contributed by atoms with Crippen molar-refractivity contribution in [2.75, 3.05) is 6.54 Å². The summed E-state index contributed by atoms with van der Waals surface area (Å²) >= 11 is 0. The van der Waals surface area contributed by atoms with Crippen molar-refractivity contribution in [1.29, 1.82) is 0 Å². The zero-order chi connectivity index (χ0) is 38.9. The van der Waals surface area contributed by atoms with E-state index in [2.05, 4.69) is 55.6 Å². The van der Waals surface area contributed by atoms with E-state index in [1.165, 1.54) is 96.3 Å². The van der Waals surface area contributed by atoms with E-state index in [9.17, 15) is 19.5 Å². The molecule has 7 heteroatoms. The number of unbranched alkanes of at least 4 members (excludes halogenated alkanes) is 20. The first-order valence-electron chi connectivity index (χ1n) is 22.3. The minimum Gasteiger partial charge on any atom is -0.480 e. The molecule has 1 amide bonds. The molecule has 308 valence electrons. The molecule has 2 atom stereocenters. The van der Waals surface area contributed by atoms with Crippen LogP contribution in [0.5, 0.6) is 0 Å². The molecule has 0 spiro atoms. The van der Waals surface area contributed by atoms with Crippen molar-refractivity contribution in [2.24, 2.45) is 5.73 Å². The van der Waals surface area contributed by atoms with E-state index in [0.717, 1.165) is 83.5 Å². The van der Waals surface area contributed by atoms with E-state index < -0.39 is 12.0 Å². The smallest absolute Gasteiger partial charge is 0.326 e. The Morgan fingerprint density at radius 3 is 1.53 bits per heavy atom. The highest BCUT2D eigenvalue weighted by Gasteiger charge is 2.19. The van der Waals surface area contributed by atoms with Crippen LogP contribution in [0.2, 0.25) is 0 Å². The second kappa shape index (κ2) is 40.8.